The summed E-state index contributed by atoms with van der Waals surface area (Å²) in [4.78, 5) is 9.73. The predicted octanol–water partition coefficient (Wildman–Crippen LogP) is 2.72. The molecule has 3 aliphatic rings. The largest absolute Gasteiger partial charge is 0.368 e. The number of amidine groups is 1. The van der Waals surface area contributed by atoms with E-state index in [0.717, 1.165) is 54.2 Å². The molecule has 1 fully saturated rings. The first kappa shape index (κ1) is 17.3. The maximum Gasteiger partial charge on any atom is 0.136 e. The van der Waals surface area contributed by atoms with Gasteiger partial charge in [-0.05, 0) is 43.7 Å². The van der Waals surface area contributed by atoms with Gasteiger partial charge in [-0.1, -0.05) is 6.07 Å². The number of fused-ring (bicyclic) bond motifs is 2. The van der Waals surface area contributed by atoms with Crippen LogP contribution in [0, 0.1) is 0 Å². The third-order valence-electron chi connectivity index (χ3n) is 5.63. The van der Waals surface area contributed by atoms with E-state index in [-0.39, 0.29) is 0 Å². The van der Waals surface area contributed by atoms with Crippen LogP contribution < -0.4 is 5.32 Å². The number of nitrogens with zero attached hydrogens (tertiary/aromatic N) is 5. The summed E-state index contributed by atoms with van der Waals surface area (Å²) in [5, 5.41) is 9.12. The average molecular weight is 374 g/mol. The Morgan fingerprint density at radius 3 is 3.00 bits per heavy atom. The van der Waals surface area contributed by atoms with Gasteiger partial charge in [0.25, 0.3) is 0 Å². The highest BCUT2D eigenvalue weighted by atomic mass is 15.3. The van der Waals surface area contributed by atoms with E-state index >= 15 is 0 Å². The highest BCUT2D eigenvalue weighted by Crippen LogP contribution is 2.28. The van der Waals surface area contributed by atoms with Crippen LogP contribution in [0.3, 0.4) is 0 Å². The maximum atomic E-state index is 5.00. The van der Waals surface area contributed by atoms with Crippen molar-refractivity contribution in [3.63, 3.8) is 0 Å². The molecule has 6 nitrogen and oxygen atoms in total. The highest BCUT2D eigenvalue weighted by Gasteiger charge is 2.25. The van der Waals surface area contributed by atoms with Crippen LogP contribution in [0.25, 0.3) is 16.6 Å². The van der Waals surface area contributed by atoms with Crippen LogP contribution in [0.4, 0.5) is 0 Å². The lowest BCUT2D eigenvalue weighted by atomic mass is 10.1. The van der Waals surface area contributed by atoms with Gasteiger partial charge in [0.1, 0.15) is 5.84 Å². The minimum absolute atomic E-state index is 0.522. The van der Waals surface area contributed by atoms with Crippen LogP contribution >= 0.6 is 0 Å². The number of hydrogen-bond acceptors (Lipinski definition) is 5. The molecule has 4 heterocycles. The Hall–Kier alpha value is -2.86. The van der Waals surface area contributed by atoms with Crippen molar-refractivity contribution >= 4 is 22.4 Å². The number of aromatic nitrogens is 2. The monoisotopic (exact) mass is 374 g/mol. The van der Waals surface area contributed by atoms with Gasteiger partial charge in [-0.15, -0.1) is 0 Å². The van der Waals surface area contributed by atoms with Gasteiger partial charge in [0, 0.05) is 62.6 Å². The molecule has 0 bridgehead atoms. The summed E-state index contributed by atoms with van der Waals surface area (Å²) in [5.74, 6) is 1.05. The smallest absolute Gasteiger partial charge is 0.136 e. The van der Waals surface area contributed by atoms with Gasteiger partial charge >= 0.3 is 0 Å². The minimum Gasteiger partial charge on any atom is -0.368 e. The van der Waals surface area contributed by atoms with Crippen LogP contribution in [-0.2, 0) is 7.05 Å². The van der Waals surface area contributed by atoms with Crippen molar-refractivity contribution < 1.29 is 0 Å². The normalized spacial score (nSPS) is 22.5. The summed E-state index contributed by atoms with van der Waals surface area (Å²) < 4.78 is 1.86. The zero-order valence-corrected chi connectivity index (χ0v) is 16.7. The van der Waals surface area contributed by atoms with E-state index < -0.39 is 0 Å². The fraction of sp³-hybridized carbons (Fsp3) is 0.364. The van der Waals surface area contributed by atoms with Crippen molar-refractivity contribution in [1.82, 2.24) is 24.9 Å². The topological polar surface area (TPSA) is 48.7 Å². The lowest BCUT2D eigenvalue weighted by Gasteiger charge is -2.38. The maximum absolute atomic E-state index is 5.00. The van der Waals surface area contributed by atoms with Crippen LogP contribution in [0.15, 0.2) is 59.0 Å². The van der Waals surface area contributed by atoms with Gasteiger partial charge in [0.15, 0.2) is 0 Å². The number of aliphatic imine (C=N–C) groups is 1. The molecule has 2 aromatic rings. The quantitative estimate of drug-likeness (QED) is 0.878. The van der Waals surface area contributed by atoms with Crippen molar-refractivity contribution in [2.45, 2.75) is 19.9 Å². The van der Waals surface area contributed by atoms with E-state index in [1.54, 1.807) is 0 Å². The molecule has 3 aliphatic heterocycles. The molecule has 28 heavy (non-hydrogen) atoms. The summed E-state index contributed by atoms with van der Waals surface area (Å²) in [6, 6.07) is 6.89. The fourth-order valence-corrected chi connectivity index (χ4v) is 4.24. The fourth-order valence-electron chi connectivity index (χ4n) is 4.24. The molecule has 0 saturated carbocycles. The Kier molecular flexibility index (Phi) is 4.09. The zero-order valence-electron chi connectivity index (χ0n) is 16.7. The Labute approximate surface area is 165 Å². The Bertz CT molecular complexity index is 1050. The molecule has 144 valence electrons. The SMILES string of the molecule is CC1=CC(N2CCN[C@@H](C)C2)=CN2CC=C(c3ccc4nn(C)cc4c3)N=C12. The van der Waals surface area contributed by atoms with Crippen LogP contribution in [0.2, 0.25) is 0 Å². The Morgan fingerprint density at radius 2 is 2.14 bits per heavy atom. The molecule has 0 amide bonds. The van der Waals surface area contributed by atoms with Crippen molar-refractivity contribution in [3.05, 3.63) is 59.6 Å². The molecule has 0 aliphatic carbocycles. The number of aryl methyl sites for hydroxylation is 1. The standard InChI is InChI=1S/C22H26N6/c1-15-10-19(27-9-7-23-16(2)12-27)14-28-8-6-20(24-22(15)28)17-4-5-21-18(11-17)13-26(3)25-21/h4-6,10-11,13-14,16,23H,7-9,12H2,1-3H3/t16-/m0/s1. The molecule has 1 saturated heterocycles. The first-order chi connectivity index (χ1) is 13.6. The first-order valence-electron chi connectivity index (χ1n) is 9.95. The van der Waals surface area contributed by atoms with Gasteiger partial charge in [-0.3, -0.25) is 4.68 Å². The third-order valence-corrected chi connectivity index (χ3v) is 5.63. The number of piperazine rings is 1. The van der Waals surface area contributed by atoms with E-state index in [1.165, 1.54) is 11.3 Å². The van der Waals surface area contributed by atoms with E-state index in [2.05, 4.69) is 76.8 Å². The number of allylic oxidation sites excluding steroid dienone is 1. The van der Waals surface area contributed by atoms with Gasteiger partial charge in [0.05, 0.1) is 16.9 Å². The second kappa shape index (κ2) is 6.63. The summed E-state index contributed by atoms with van der Waals surface area (Å²) in [5.41, 5.74) is 5.71. The number of rotatable bonds is 2. The highest BCUT2D eigenvalue weighted by molar-refractivity contribution is 6.04. The molecule has 1 aromatic carbocycles. The van der Waals surface area contributed by atoms with Crippen molar-refractivity contribution in [1.29, 1.82) is 0 Å². The molecule has 1 N–H and O–H groups in total. The number of hydrogen-bond donors (Lipinski definition) is 1. The molecule has 6 heteroatoms. The van der Waals surface area contributed by atoms with Gasteiger partial charge < -0.3 is 15.1 Å². The van der Waals surface area contributed by atoms with Crippen molar-refractivity contribution in [2.75, 3.05) is 26.2 Å². The van der Waals surface area contributed by atoms with Crippen molar-refractivity contribution in [3.8, 4) is 0 Å². The predicted molar refractivity (Wildman–Crippen MR) is 114 cm³/mol. The summed E-state index contributed by atoms with van der Waals surface area (Å²) >= 11 is 0. The van der Waals surface area contributed by atoms with E-state index in [1.807, 2.05) is 11.7 Å². The lowest BCUT2D eigenvalue weighted by Crippen LogP contribution is -2.49. The molecular formula is C22H26N6. The first-order valence-corrected chi connectivity index (χ1v) is 9.95. The van der Waals surface area contributed by atoms with E-state index in [4.69, 9.17) is 4.99 Å². The average Bonchev–Trinajstić information content (AvgIpc) is 3.07. The molecule has 0 spiro atoms. The van der Waals surface area contributed by atoms with Gasteiger partial charge in [-0.2, -0.15) is 5.10 Å². The van der Waals surface area contributed by atoms with Crippen LogP contribution in [0.5, 0.6) is 0 Å². The summed E-state index contributed by atoms with van der Waals surface area (Å²) in [7, 11) is 1.96. The third kappa shape index (κ3) is 3.03. The van der Waals surface area contributed by atoms with E-state index in [0.29, 0.717) is 6.04 Å². The van der Waals surface area contributed by atoms with Crippen LogP contribution in [0.1, 0.15) is 19.4 Å². The molecular weight excluding hydrogens is 348 g/mol. The summed E-state index contributed by atoms with van der Waals surface area (Å²) in [6.07, 6.45) is 8.80. The number of nitrogens with one attached hydrogen (secondary N) is 1. The summed E-state index contributed by atoms with van der Waals surface area (Å²) in [6.45, 7) is 8.38. The second-order valence-corrected chi connectivity index (χ2v) is 7.94. The number of benzene rings is 1. The van der Waals surface area contributed by atoms with Gasteiger partial charge in [-0.25, -0.2) is 4.99 Å². The molecule has 1 aromatic heterocycles. The Balaban J connectivity index is 1.42. The van der Waals surface area contributed by atoms with E-state index in [9.17, 15) is 0 Å². The molecule has 1 atom stereocenters. The molecule has 5 rings (SSSR count). The lowest BCUT2D eigenvalue weighted by molar-refractivity contribution is 0.258. The molecule has 0 radical (unpaired) electrons. The van der Waals surface area contributed by atoms with Crippen molar-refractivity contribution in [2.24, 2.45) is 12.0 Å². The molecule has 0 unspecified atom stereocenters. The van der Waals surface area contributed by atoms with Gasteiger partial charge in [0.2, 0.25) is 0 Å². The Morgan fingerprint density at radius 1 is 1.25 bits per heavy atom. The second-order valence-electron chi connectivity index (χ2n) is 7.94. The zero-order chi connectivity index (χ0) is 19.3. The van der Waals surface area contributed by atoms with Crippen LogP contribution in [-0.4, -0.2) is 57.6 Å². The minimum atomic E-state index is 0.522.